The van der Waals surface area contributed by atoms with Crippen LogP contribution in [-0.4, -0.2) is 67.5 Å². The Morgan fingerprint density at radius 3 is 2.21 bits per heavy atom. The van der Waals surface area contributed by atoms with Crippen molar-refractivity contribution in [2.24, 2.45) is 0 Å². The molecule has 0 spiro atoms. The number of thiophene rings is 1. The normalized spacial score (nSPS) is 13.9. The SMILES string of the molecule is COC(=O)c1ccc(C(=O)N2CCN(C(=O)COc3ccc(Cl)cc3)CC2)s1. The third-order valence-corrected chi connectivity index (χ3v) is 5.60. The summed E-state index contributed by atoms with van der Waals surface area (Å²) < 4.78 is 10.1. The second-order valence-corrected chi connectivity index (χ2v) is 7.59. The zero-order valence-electron chi connectivity index (χ0n) is 15.2. The van der Waals surface area contributed by atoms with Crippen molar-refractivity contribution in [2.45, 2.75) is 0 Å². The molecular formula is C19H19ClN2O5S. The van der Waals surface area contributed by atoms with E-state index in [0.29, 0.717) is 46.7 Å². The van der Waals surface area contributed by atoms with Gasteiger partial charge in [0.2, 0.25) is 0 Å². The monoisotopic (exact) mass is 422 g/mol. The van der Waals surface area contributed by atoms with Crippen LogP contribution in [0.15, 0.2) is 36.4 Å². The average molecular weight is 423 g/mol. The van der Waals surface area contributed by atoms with Crippen LogP contribution >= 0.6 is 22.9 Å². The second kappa shape index (κ2) is 9.07. The molecule has 7 nitrogen and oxygen atoms in total. The van der Waals surface area contributed by atoms with Crippen LogP contribution in [0.1, 0.15) is 19.3 Å². The van der Waals surface area contributed by atoms with E-state index in [1.165, 1.54) is 7.11 Å². The molecule has 0 aliphatic carbocycles. The van der Waals surface area contributed by atoms with E-state index < -0.39 is 5.97 Å². The fourth-order valence-corrected chi connectivity index (χ4v) is 3.76. The van der Waals surface area contributed by atoms with Gasteiger partial charge in [0, 0.05) is 31.2 Å². The largest absolute Gasteiger partial charge is 0.484 e. The van der Waals surface area contributed by atoms with E-state index in [1.54, 1.807) is 46.2 Å². The standard InChI is InChI=1S/C19H19ClN2O5S/c1-26-19(25)16-7-6-15(28-16)18(24)22-10-8-21(9-11-22)17(23)12-27-14-4-2-13(20)3-5-14/h2-7H,8-12H2,1H3. The zero-order valence-corrected chi connectivity index (χ0v) is 16.8. The van der Waals surface area contributed by atoms with Crippen molar-refractivity contribution >= 4 is 40.7 Å². The maximum atomic E-state index is 12.6. The Bertz CT molecular complexity index is 859. The number of methoxy groups -OCH3 is 1. The number of halogens is 1. The summed E-state index contributed by atoms with van der Waals surface area (Å²) in [6.45, 7) is 1.66. The lowest BCUT2D eigenvalue weighted by Gasteiger charge is -2.34. The third kappa shape index (κ3) is 4.82. The fourth-order valence-electron chi connectivity index (χ4n) is 2.75. The summed E-state index contributed by atoms with van der Waals surface area (Å²) in [5.74, 6) is -0.165. The van der Waals surface area contributed by atoms with E-state index >= 15 is 0 Å². The van der Waals surface area contributed by atoms with Gasteiger partial charge in [-0.05, 0) is 36.4 Å². The smallest absolute Gasteiger partial charge is 0.348 e. The summed E-state index contributed by atoms with van der Waals surface area (Å²) in [5, 5.41) is 0.601. The molecule has 1 aliphatic heterocycles. The lowest BCUT2D eigenvalue weighted by atomic mass is 10.3. The van der Waals surface area contributed by atoms with Gasteiger partial charge in [0.1, 0.15) is 10.6 Å². The molecule has 1 aliphatic rings. The number of rotatable bonds is 5. The summed E-state index contributed by atoms with van der Waals surface area (Å²) in [7, 11) is 1.30. The first-order chi connectivity index (χ1) is 13.5. The van der Waals surface area contributed by atoms with Gasteiger partial charge in [-0.1, -0.05) is 11.6 Å². The van der Waals surface area contributed by atoms with Crippen LogP contribution in [0.3, 0.4) is 0 Å². The number of hydrogen-bond donors (Lipinski definition) is 0. The molecule has 148 valence electrons. The Labute approximate surface area is 171 Å². The Morgan fingerprint density at radius 2 is 1.57 bits per heavy atom. The number of benzene rings is 1. The van der Waals surface area contributed by atoms with Gasteiger partial charge >= 0.3 is 5.97 Å². The zero-order chi connectivity index (χ0) is 20.1. The molecule has 1 aromatic carbocycles. The van der Waals surface area contributed by atoms with Crippen molar-refractivity contribution in [1.29, 1.82) is 0 Å². The highest BCUT2D eigenvalue weighted by Crippen LogP contribution is 2.20. The number of hydrogen-bond acceptors (Lipinski definition) is 6. The predicted octanol–water partition coefficient (Wildman–Crippen LogP) is 2.55. The quantitative estimate of drug-likeness (QED) is 0.692. The van der Waals surface area contributed by atoms with Crippen LogP contribution in [-0.2, 0) is 9.53 Å². The fraction of sp³-hybridized carbons (Fsp3) is 0.316. The van der Waals surface area contributed by atoms with E-state index in [0.717, 1.165) is 11.3 Å². The number of ether oxygens (including phenoxy) is 2. The van der Waals surface area contributed by atoms with Crippen LogP contribution in [0, 0.1) is 0 Å². The van der Waals surface area contributed by atoms with Gasteiger partial charge in [0.15, 0.2) is 6.61 Å². The molecule has 0 N–H and O–H groups in total. The van der Waals surface area contributed by atoms with Gasteiger partial charge in [0.25, 0.3) is 11.8 Å². The van der Waals surface area contributed by atoms with Crippen molar-refractivity contribution in [3.63, 3.8) is 0 Å². The minimum absolute atomic E-state index is 0.0665. The molecule has 1 fully saturated rings. The number of carbonyl (C=O) groups excluding carboxylic acids is 3. The number of piperazine rings is 1. The number of nitrogens with zero attached hydrogens (tertiary/aromatic N) is 2. The first kappa shape index (κ1) is 20.2. The maximum Gasteiger partial charge on any atom is 0.348 e. The van der Waals surface area contributed by atoms with Crippen molar-refractivity contribution in [3.05, 3.63) is 51.2 Å². The molecule has 1 aromatic heterocycles. The molecule has 3 rings (SSSR count). The van der Waals surface area contributed by atoms with E-state index in [1.807, 2.05) is 0 Å². The molecule has 0 saturated carbocycles. The highest BCUT2D eigenvalue weighted by atomic mass is 35.5. The van der Waals surface area contributed by atoms with Crippen LogP contribution < -0.4 is 4.74 Å². The molecule has 2 aromatic rings. The summed E-state index contributed by atoms with van der Waals surface area (Å²) in [6, 6.07) is 10.0. The van der Waals surface area contributed by atoms with E-state index in [4.69, 9.17) is 16.3 Å². The minimum atomic E-state index is -0.458. The van der Waals surface area contributed by atoms with Gasteiger partial charge in [-0.15, -0.1) is 11.3 Å². The summed E-state index contributed by atoms with van der Waals surface area (Å²) in [6.07, 6.45) is 0. The van der Waals surface area contributed by atoms with Gasteiger partial charge in [0.05, 0.1) is 12.0 Å². The average Bonchev–Trinajstić information content (AvgIpc) is 3.22. The highest BCUT2D eigenvalue weighted by Gasteiger charge is 2.26. The summed E-state index contributed by atoms with van der Waals surface area (Å²) in [4.78, 5) is 40.6. The topological polar surface area (TPSA) is 76.2 Å². The lowest BCUT2D eigenvalue weighted by Crippen LogP contribution is -2.51. The molecule has 2 heterocycles. The molecule has 9 heteroatoms. The molecule has 0 radical (unpaired) electrons. The van der Waals surface area contributed by atoms with Crippen LogP contribution in [0.5, 0.6) is 5.75 Å². The van der Waals surface area contributed by atoms with Crippen LogP contribution in [0.25, 0.3) is 0 Å². The number of amides is 2. The Balaban J connectivity index is 1.48. The van der Waals surface area contributed by atoms with Crippen molar-refractivity contribution in [2.75, 3.05) is 39.9 Å². The summed E-state index contributed by atoms with van der Waals surface area (Å²) >= 11 is 6.92. The van der Waals surface area contributed by atoms with Crippen LogP contribution in [0.2, 0.25) is 5.02 Å². The maximum absolute atomic E-state index is 12.6. The van der Waals surface area contributed by atoms with Crippen molar-refractivity contribution < 1.29 is 23.9 Å². The number of esters is 1. The van der Waals surface area contributed by atoms with E-state index in [9.17, 15) is 14.4 Å². The van der Waals surface area contributed by atoms with Gasteiger partial charge < -0.3 is 19.3 Å². The molecule has 28 heavy (non-hydrogen) atoms. The molecule has 0 atom stereocenters. The minimum Gasteiger partial charge on any atom is -0.484 e. The Hall–Kier alpha value is -2.58. The molecule has 0 bridgehead atoms. The van der Waals surface area contributed by atoms with Crippen molar-refractivity contribution in [1.82, 2.24) is 9.80 Å². The highest BCUT2D eigenvalue weighted by molar-refractivity contribution is 7.15. The Kier molecular flexibility index (Phi) is 6.53. The number of carbonyl (C=O) groups is 3. The first-order valence-electron chi connectivity index (χ1n) is 8.61. The Morgan fingerprint density at radius 1 is 0.964 bits per heavy atom. The van der Waals surface area contributed by atoms with Gasteiger partial charge in [-0.2, -0.15) is 0 Å². The van der Waals surface area contributed by atoms with E-state index in [-0.39, 0.29) is 18.4 Å². The lowest BCUT2D eigenvalue weighted by molar-refractivity contribution is -0.134. The van der Waals surface area contributed by atoms with Crippen LogP contribution in [0.4, 0.5) is 0 Å². The second-order valence-electron chi connectivity index (χ2n) is 6.07. The van der Waals surface area contributed by atoms with E-state index in [2.05, 4.69) is 4.74 Å². The molecule has 2 amide bonds. The van der Waals surface area contributed by atoms with Crippen molar-refractivity contribution in [3.8, 4) is 5.75 Å². The first-order valence-corrected chi connectivity index (χ1v) is 9.81. The van der Waals surface area contributed by atoms with Gasteiger partial charge in [-0.25, -0.2) is 4.79 Å². The summed E-state index contributed by atoms with van der Waals surface area (Å²) in [5.41, 5.74) is 0. The third-order valence-electron chi connectivity index (χ3n) is 4.30. The molecular weight excluding hydrogens is 404 g/mol. The van der Waals surface area contributed by atoms with Gasteiger partial charge in [-0.3, -0.25) is 9.59 Å². The predicted molar refractivity (Wildman–Crippen MR) is 105 cm³/mol. The molecule has 1 saturated heterocycles. The molecule has 0 unspecified atom stereocenters.